The van der Waals surface area contributed by atoms with Crippen LogP contribution in [0.25, 0.3) is 0 Å². The number of hydrogen-bond acceptors (Lipinski definition) is 6. The van der Waals surface area contributed by atoms with E-state index in [0.717, 1.165) is 23.4 Å². The van der Waals surface area contributed by atoms with Crippen LogP contribution in [0.2, 0.25) is 0 Å². The molecule has 0 saturated heterocycles. The van der Waals surface area contributed by atoms with Crippen molar-refractivity contribution < 1.29 is 23.8 Å². The molecule has 162 valence electrons. The zero-order valence-corrected chi connectivity index (χ0v) is 18.7. The number of ether oxygens (including phenoxy) is 3. The Bertz CT molecular complexity index is 926. The van der Waals surface area contributed by atoms with Crippen molar-refractivity contribution in [3.63, 3.8) is 0 Å². The minimum absolute atomic E-state index is 0.0606. The molecular formula is C24H31NO5. The van der Waals surface area contributed by atoms with Crippen LogP contribution in [0.4, 0.5) is 0 Å². The monoisotopic (exact) mass is 413 g/mol. The summed E-state index contributed by atoms with van der Waals surface area (Å²) in [5.41, 5.74) is 3.54. The van der Waals surface area contributed by atoms with Gasteiger partial charge in [0.2, 0.25) is 0 Å². The number of methoxy groups -OCH3 is 2. The lowest BCUT2D eigenvalue weighted by molar-refractivity contribution is -0.138. The van der Waals surface area contributed by atoms with Crippen molar-refractivity contribution in [1.82, 2.24) is 5.32 Å². The summed E-state index contributed by atoms with van der Waals surface area (Å²) < 4.78 is 16.3. The summed E-state index contributed by atoms with van der Waals surface area (Å²) in [6, 6.07) is 5.54. The summed E-state index contributed by atoms with van der Waals surface area (Å²) in [7, 11) is 3.15. The third-order valence-corrected chi connectivity index (χ3v) is 5.71. The highest BCUT2D eigenvalue weighted by atomic mass is 16.5. The molecule has 0 saturated carbocycles. The molecule has 30 heavy (non-hydrogen) atoms. The van der Waals surface area contributed by atoms with Crippen molar-refractivity contribution in [2.45, 2.75) is 52.9 Å². The van der Waals surface area contributed by atoms with E-state index in [-0.39, 0.29) is 17.8 Å². The molecule has 0 aromatic heterocycles. The number of ketones is 1. The Balaban J connectivity index is 2.24. The molecule has 1 N–H and O–H groups in total. The van der Waals surface area contributed by atoms with Gasteiger partial charge < -0.3 is 19.5 Å². The summed E-state index contributed by atoms with van der Waals surface area (Å²) in [6.07, 6.45) is 1.82. The number of Topliss-reactive ketones (excluding diaryl/α,β-unsaturated/α-hetero) is 1. The smallest absolute Gasteiger partial charge is 0.336 e. The Hall–Kier alpha value is -2.76. The quantitative estimate of drug-likeness (QED) is 0.703. The van der Waals surface area contributed by atoms with Crippen molar-refractivity contribution in [1.29, 1.82) is 0 Å². The summed E-state index contributed by atoms with van der Waals surface area (Å²) >= 11 is 0. The van der Waals surface area contributed by atoms with Crippen molar-refractivity contribution in [3.05, 3.63) is 46.3 Å². The average Bonchev–Trinajstić information content (AvgIpc) is 2.70. The first-order chi connectivity index (χ1) is 14.3. The van der Waals surface area contributed by atoms with Crippen LogP contribution in [0.5, 0.6) is 11.5 Å². The van der Waals surface area contributed by atoms with E-state index in [1.807, 2.05) is 25.1 Å². The standard InChI is InChI=1S/C24H31NO5/c1-7-15-22(23(27)30-8-2)20(14-9-10-18(28-5)19(11-14)29-6)21-16(25-15)12-24(3,4)13-17(21)26/h9-11,20,25H,7-8,12-13H2,1-6H3. The molecule has 1 aromatic carbocycles. The normalized spacial score (nSPS) is 20.5. The van der Waals surface area contributed by atoms with Crippen molar-refractivity contribution in [2.75, 3.05) is 20.8 Å². The summed E-state index contributed by atoms with van der Waals surface area (Å²) in [5.74, 6) is 0.313. The van der Waals surface area contributed by atoms with Gasteiger partial charge in [0.05, 0.1) is 26.4 Å². The Morgan fingerprint density at radius 2 is 1.83 bits per heavy atom. The third kappa shape index (κ3) is 3.95. The second-order valence-corrected chi connectivity index (χ2v) is 8.47. The van der Waals surface area contributed by atoms with Gasteiger partial charge in [0.25, 0.3) is 0 Å². The van der Waals surface area contributed by atoms with E-state index in [4.69, 9.17) is 14.2 Å². The van der Waals surface area contributed by atoms with Crippen LogP contribution in [0.1, 0.15) is 58.4 Å². The molecule has 6 nitrogen and oxygen atoms in total. The summed E-state index contributed by atoms with van der Waals surface area (Å²) in [4.78, 5) is 26.3. The number of nitrogens with one attached hydrogen (secondary N) is 1. The topological polar surface area (TPSA) is 73.9 Å². The fraction of sp³-hybridized carbons (Fsp3) is 0.500. The first-order valence-corrected chi connectivity index (χ1v) is 10.4. The number of carbonyl (C=O) groups is 2. The molecule has 1 atom stereocenters. The highest BCUT2D eigenvalue weighted by molar-refractivity contribution is 6.04. The van der Waals surface area contributed by atoms with Crippen LogP contribution in [0, 0.1) is 5.41 Å². The van der Waals surface area contributed by atoms with Gasteiger partial charge in [-0.15, -0.1) is 0 Å². The first kappa shape index (κ1) is 21.9. The van der Waals surface area contributed by atoms with Crippen LogP contribution in [-0.2, 0) is 14.3 Å². The summed E-state index contributed by atoms with van der Waals surface area (Å²) in [5, 5.41) is 3.41. The molecule has 0 bridgehead atoms. The molecule has 0 spiro atoms. The number of carbonyl (C=O) groups excluding carboxylic acids is 2. The van der Waals surface area contributed by atoms with Crippen LogP contribution in [-0.4, -0.2) is 32.6 Å². The summed E-state index contributed by atoms with van der Waals surface area (Å²) in [6.45, 7) is 8.24. The molecular weight excluding hydrogens is 382 g/mol. The minimum Gasteiger partial charge on any atom is -0.493 e. The van der Waals surface area contributed by atoms with E-state index in [1.165, 1.54) is 0 Å². The van der Waals surface area contributed by atoms with Crippen molar-refractivity contribution >= 4 is 11.8 Å². The number of hydrogen-bond donors (Lipinski definition) is 1. The van der Waals surface area contributed by atoms with Gasteiger partial charge >= 0.3 is 5.97 Å². The number of dihydropyridines is 1. The lowest BCUT2D eigenvalue weighted by Gasteiger charge is -2.40. The SMILES string of the molecule is CCOC(=O)C1=C(CC)NC2=C(C(=O)CC(C)(C)C2)C1c1ccc(OC)c(OC)c1. The molecule has 0 fully saturated rings. The Labute approximate surface area is 178 Å². The number of esters is 1. The van der Waals surface area contributed by atoms with E-state index in [9.17, 15) is 9.59 Å². The maximum Gasteiger partial charge on any atom is 0.336 e. The zero-order valence-electron chi connectivity index (χ0n) is 18.7. The number of rotatable bonds is 6. The predicted molar refractivity (Wildman–Crippen MR) is 114 cm³/mol. The van der Waals surface area contributed by atoms with Crippen LogP contribution < -0.4 is 14.8 Å². The molecule has 1 aliphatic heterocycles. The lowest BCUT2D eigenvalue weighted by atomic mass is 9.68. The fourth-order valence-corrected chi connectivity index (χ4v) is 4.44. The van der Waals surface area contributed by atoms with Gasteiger partial charge in [-0.05, 0) is 42.9 Å². The highest BCUT2D eigenvalue weighted by Gasteiger charge is 2.43. The van der Waals surface area contributed by atoms with E-state index >= 15 is 0 Å². The molecule has 3 rings (SSSR count). The van der Waals surface area contributed by atoms with Crippen LogP contribution in [0.15, 0.2) is 40.7 Å². The minimum atomic E-state index is -0.501. The van der Waals surface area contributed by atoms with Crippen LogP contribution in [0.3, 0.4) is 0 Å². The molecule has 1 aromatic rings. The second-order valence-electron chi connectivity index (χ2n) is 8.47. The molecule has 0 radical (unpaired) electrons. The Morgan fingerprint density at radius 1 is 1.13 bits per heavy atom. The highest BCUT2D eigenvalue weighted by Crippen LogP contribution is 2.48. The largest absolute Gasteiger partial charge is 0.493 e. The zero-order chi connectivity index (χ0) is 22.1. The van der Waals surface area contributed by atoms with Crippen molar-refractivity contribution in [2.24, 2.45) is 5.41 Å². The van der Waals surface area contributed by atoms with Gasteiger partial charge in [-0.3, -0.25) is 4.79 Å². The molecule has 1 heterocycles. The molecule has 2 aliphatic rings. The van der Waals surface area contributed by atoms with Crippen LogP contribution >= 0.6 is 0 Å². The van der Waals surface area contributed by atoms with Crippen molar-refractivity contribution in [3.8, 4) is 11.5 Å². The Kier molecular flexibility index (Phi) is 6.25. The van der Waals surface area contributed by atoms with Gasteiger partial charge in [-0.2, -0.15) is 0 Å². The van der Waals surface area contributed by atoms with E-state index in [1.54, 1.807) is 21.1 Å². The first-order valence-electron chi connectivity index (χ1n) is 10.4. The molecule has 0 amide bonds. The fourth-order valence-electron chi connectivity index (χ4n) is 4.44. The third-order valence-electron chi connectivity index (χ3n) is 5.71. The number of benzene rings is 1. The van der Waals surface area contributed by atoms with Gasteiger partial charge in [0.15, 0.2) is 17.3 Å². The maximum atomic E-state index is 13.3. The van der Waals surface area contributed by atoms with Gasteiger partial charge in [-0.25, -0.2) is 4.79 Å². The van der Waals surface area contributed by atoms with Gasteiger partial charge in [-0.1, -0.05) is 26.8 Å². The lowest BCUT2D eigenvalue weighted by Crippen LogP contribution is -2.39. The molecule has 1 unspecified atom stereocenters. The molecule has 1 aliphatic carbocycles. The van der Waals surface area contributed by atoms with Gasteiger partial charge in [0.1, 0.15) is 0 Å². The van der Waals surface area contributed by atoms with Gasteiger partial charge in [0, 0.05) is 29.3 Å². The number of allylic oxidation sites excluding steroid dienone is 3. The average molecular weight is 414 g/mol. The van der Waals surface area contributed by atoms with E-state index < -0.39 is 11.9 Å². The maximum absolute atomic E-state index is 13.3. The molecule has 6 heteroatoms. The predicted octanol–water partition coefficient (Wildman–Crippen LogP) is 4.26. The Morgan fingerprint density at radius 3 is 2.43 bits per heavy atom. The van der Waals surface area contributed by atoms with E-state index in [2.05, 4.69) is 19.2 Å². The second kappa shape index (κ2) is 8.54. The van der Waals surface area contributed by atoms with E-state index in [0.29, 0.717) is 35.5 Å².